The second kappa shape index (κ2) is 4.77. The molecular weight excluding hydrogens is 188 g/mol. The maximum Gasteiger partial charge on any atom is 0.0522 e. The van der Waals surface area contributed by atoms with Gasteiger partial charge in [-0.1, -0.05) is 0 Å². The van der Waals surface area contributed by atoms with Gasteiger partial charge in [0.25, 0.3) is 0 Å². The van der Waals surface area contributed by atoms with Crippen molar-refractivity contribution in [3.8, 4) is 0 Å². The predicted molar refractivity (Wildman–Crippen MR) is 60.8 cm³/mol. The Morgan fingerprint density at radius 3 is 3.13 bits per heavy atom. The van der Waals surface area contributed by atoms with Crippen LogP contribution in [-0.4, -0.2) is 46.9 Å². The number of piperazine rings is 1. The van der Waals surface area contributed by atoms with Gasteiger partial charge in [-0.3, -0.25) is 4.68 Å². The standard InChI is InChI=1S/C11H20N4/c1-10-8-15(6-4-12-10)5-3-11-7-13-14(2)9-11/h7,9-10,12H,3-6,8H2,1-2H3/t10-/m0/s1. The average molecular weight is 208 g/mol. The van der Waals surface area contributed by atoms with Gasteiger partial charge in [-0.25, -0.2) is 0 Å². The van der Waals surface area contributed by atoms with E-state index in [0.29, 0.717) is 6.04 Å². The van der Waals surface area contributed by atoms with Gasteiger partial charge in [0.2, 0.25) is 0 Å². The largest absolute Gasteiger partial charge is 0.312 e. The maximum absolute atomic E-state index is 4.18. The topological polar surface area (TPSA) is 33.1 Å². The van der Waals surface area contributed by atoms with E-state index < -0.39 is 0 Å². The molecule has 0 unspecified atom stereocenters. The van der Waals surface area contributed by atoms with Crippen molar-refractivity contribution in [2.24, 2.45) is 7.05 Å². The van der Waals surface area contributed by atoms with E-state index in [1.807, 2.05) is 17.9 Å². The molecular formula is C11H20N4. The molecule has 1 saturated heterocycles. The minimum Gasteiger partial charge on any atom is -0.312 e. The van der Waals surface area contributed by atoms with Crippen molar-refractivity contribution in [1.82, 2.24) is 20.0 Å². The van der Waals surface area contributed by atoms with Gasteiger partial charge in [-0.15, -0.1) is 0 Å². The lowest BCUT2D eigenvalue weighted by molar-refractivity contribution is 0.209. The third-order valence-corrected chi connectivity index (χ3v) is 2.93. The first-order valence-electron chi connectivity index (χ1n) is 5.67. The zero-order valence-corrected chi connectivity index (χ0v) is 9.61. The summed E-state index contributed by atoms with van der Waals surface area (Å²) in [6.45, 7) is 6.85. The number of hydrogen-bond donors (Lipinski definition) is 1. The molecule has 0 aromatic carbocycles. The van der Waals surface area contributed by atoms with Crippen LogP contribution in [0.25, 0.3) is 0 Å². The summed E-state index contributed by atoms with van der Waals surface area (Å²) < 4.78 is 1.87. The maximum atomic E-state index is 4.18. The molecule has 4 heteroatoms. The van der Waals surface area contributed by atoms with E-state index in [4.69, 9.17) is 0 Å². The zero-order valence-electron chi connectivity index (χ0n) is 9.61. The molecule has 0 radical (unpaired) electrons. The Labute approximate surface area is 91.3 Å². The number of nitrogens with one attached hydrogen (secondary N) is 1. The summed E-state index contributed by atoms with van der Waals surface area (Å²) >= 11 is 0. The summed E-state index contributed by atoms with van der Waals surface area (Å²) in [4.78, 5) is 2.52. The van der Waals surface area contributed by atoms with E-state index in [9.17, 15) is 0 Å². The fraction of sp³-hybridized carbons (Fsp3) is 0.727. The van der Waals surface area contributed by atoms with Gasteiger partial charge in [-0.05, 0) is 18.9 Å². The van der Waals surface area contributed by atoms with Gasteiger partial charge < -0.3 is 10.2 Å². The van der Waals surface area contributed by atoms with Crippen molar-refractivity contribution >= 4 is 0 Å². The first kappa shape index (κ1) is 10.6. The van der Waals surface area contributed by atoms with Crippen molar-refractivity contribution in [3.05, 3.63) is 18.0 Å². The summed E-state index contributed by atoms with van der Waals surface area (Å²) in [5, 5.41) is 7.64. The highest BCUT2D eigenvalue weighted by atomic mass is 15.2. The highest BCUT2D eigenvalue weighted by molar-refractivity contribution is 5.04. The Bertz CT molecular complexity index is 307. The van der Waals surface area contributed by atoms with Crippen molar-refractivity contribution in [2.45, 2.75) is 19.4 Å². The van der Waals surface area contributed by atoms with Crippen LogP contribution in [0.1, 0.15) is 12.5 Å². The molecule has 1 aliphatic heterocycles. The van der Waals surface area contributed by atoms with E-state index in [1.165, 1.54) is 18.7 Å². The Morgan fingerprint density at radius 2 is 2.47 bits per heavy atom. The molecule has 0 amide bonds. The van der Waals surface area contributed by atoms with Crippen LogP contribution in [0.15, 0.2) is 12.4 Å². The minimum atomic E-state index is 0.632. The number of hydrogen-bond acceptors (Lipinski definition) is 3. The van der Waals surface area contributed by atoms with Crippen LogP contribution in [0.5, 0.6) is 0 Å². The Hall–Kier alpha value is -0.870. The number of aryl methyl sites for hydroxylation is 1. The fourth-order valence-electron chi connectivity index (χ4n) is 2.10. The lowest BCUT2D eigenvalue weighted by Crippen LogP contribution is -2.49. The van der Waals surface area contributed by atoms with Crippen molar-refractivity contribution in [2.75, 3.05) is 26.2 Å². The summed E-state index contributed by atoms with van der Waals surface area (Å²) in [5.41, 5.74) is 1.34. The summed E-state index contributed by atoms with van der Waals surface area (Å²) in [6, 6.07) is 0.632. The number of aromatic nitrogens is 2. The monoisotopic (exact) mass is 208 g/mol. The van der Waals surface area contributed by atoms with Crippen molar-refractivity contribution in [1.29, 1.82) is 0 Å². The molecule has 1 N–H and O–H groups in total. The van der Waals surface area contributed by atoms with Gasteiger partial charge in [0.15, 0.2) is 0 Å². The highest BCUT2D eigenvalue weighted by Gasteiger charge is 2.14. The molecule has 4 nitrogen and oxygen atoms in total. The van der Waals surface area contributed by atoms with Gasteiger partial charge in [0.1, 0.15) is 0 Å². The third kappa shape index (κ3) is 3.04. The van der Waals surface area contributed by atoms with Gasteiger partial charge in [0.05, 0.1) is 6.20 Å². The fourth-order valence-corrected chi connectivity index (χ4v) is 2.10. The molecule has 0 saturated carbocycles. The lowest BCUT2D eigenvalue weighted by Gasteiger charge is -2.31. The van der Waals surface area contributed by atoms with Crippen LogP contribution in [-0.2, 0) is 13.5 Å². The molecule has 15 heavy (non-hydrogen) atoms. The number of nitrogens with zero attached hydrogens (tertiary/aromatic N) is 3. The number of rotatable bonds is 3. The van der Waals surface area contributed by atoms with Gasteiger partial charge in [-0.2, -0.15) is 5.10 Å². The molecule has 2 rings (SSSR count). The second-order valence-corrected chi connectivity index (χ2v) is 4.43. The smallest absolute Gasteiger partial charge is 0.0522 e. The van der Waals surface area contributed by atoms with Crippen molar-refractivity contribution in [3.63, 3.8) is 0 Å². The van der Waals surface area contributed by atoms with Gasteiger partial charge >= 0.3 is 0 Å². The molecule has 1 aromatic rings. The van der Waals surface area contributed by atoms with Crippen LogP contribution < -0.4 is 5.32 Å². The third-order valence-electron chi connectivity index (χ3n) is 2.93. The summed E-state index contributed by atoms with van der Waals surface area (Å²) in [5.74, 6) is 0. The highest BCUT2D eigenvalue weighted by Crippen LogP contribution is 2.03. The molecule has 1 aromatic heterocycles. The SMILES string of the molecule is C[C@H]1CN(CCc2cnn(C)c2)CCN1. The van der Waals surface area contributed by atoms with Crippen LogP contribution in [0, 0.1) is 0 Å². The van der Waals surface area contributed by atoms with E-state index >= 15 is 0 Å². The van der Waals surface area contributed by atoms with Crippen LogP contribution in [0.4, 0.5) is 0 Å². The second-order valence-electron chi connectivity index (χ2n) is 4.43. The molecule has 0 aliphatic carbocycles. The van der Waals surface area contributed by atoms with Crippen LogP contribution >= 0.6 is 0 Å². The molecule has 0 spiro atoms. The first-order chi connectivity index (χ1) is 7.24. The molecule has 0 bridgehead atoms. The Morgan fingerprint density at radius 1 is 1.60 bits per heavy atom. The molecule has 1 aliphatic rings. The lowest BCUT2D eigenvalue weighted by atomic mass is 10.2. The van der Waals surface area contributed by atoms with Crippen LogP contribution in [0.3, 0.4) is 0 Å². The van der Waals surface area contributed by atoms with Gasteiger partial charge in [0, 0.05) is 45.5 Å². The Kier molecular flexibility index (Phi) is 3.38. The molecule has 84 valence electrons. The first-order valence-corrected chi connectivity index (χ1v) is 5.67. The quantitative estimate of drug-likeness (QED) is 0.773. The van der Waals surface area contributed by atoms with Crippen LogP contribution in [0.2, 0.25) is 0 Å². The Balaban J connectivity index is 1.77. The minimum absolute atomic E-state index is 0.632. The van der Waals surface area contributed by atoms with Crippen molar-refractivity contribution < 1.29 is 0 Å². The molecule has 2 heterocycles. The molecule has 1 atom stereocenters. The van der Waals surface area contributed by atoms with E-state index in [2.05, 4.69) is 28.4 Å². The summed E-state index contributed by atoms with van der Waals surface area (Å²) in [7, 11) is 1.97. The predicted octanol–water partition coefficient (Wildman–Crippen LogP) is 0.256. The normalized spacial score (nSPS) is 23.2. The van der Waals surface area contributed by atoms with E-state index in [-0.39, 0.29) is 0 Å². The molecule has 1 fully saturated rings. The van der Waals surface area contributed by atoms with E-state index in [1.54, 1.807) is 0 Å². The average Bonchev–Trinajstić information content (AvgIpc) is 2.62. The summed E-state index contributed by atoms with van der Waals surface area (Å²) in [6.07, 6.45) is 5.18. The van der Waals surface area contributed by atoms with E-state index in [0.717, 1.165) is 19.5 Å². The zero-order chi connectivity index (χ0) is 10.7.